The number of hydrogen-bond acceptors (Lipinski definition) is 8. The average Bonchev–Trinajstić information content (AvgIpc) is 3.34. The van der Waals surface area contributed by atoms with Gasteiger partial charge in [0.15, 0.2) is 0 Å². The highest BCUT2D eigenvalue weighted by Crippen LogP contribution is 2.19. The van der Waals surface area contributed by atoms with Crippen molar-refractivity contribution in [1.82, 2.24) is 20.9 Å². The van der Waals surface area contributed by atoms with E-state index in [1.54, 1.807) is 6.20 Å². The number of para-hydroxylation sites is 1. The van der Waals surface area contributed by atoms with E-state index >= 15 is 0 Å². The Kier molecular flexibility index (Phi) is 13.4. The van der Waals surface area contributed by atoms with Crippen LogP contribution < -0.4 is 33.2 Å². The highest BCUT2D eigenvalue weighted by atomic mass is 16.4. The maximum atomic E-state index is 13.3. The van der Waals surface area contributed by atoms with Crippen LogP contribution in [0, 0.1) is 0 Å². The maximum Gasteiger partial charge on any atom is 0.326 e. The summed E-state index contributed by atoms with van der Waals surface area (Å²) in [4.78, 5) is 76.2. The van der Waals surface area contributed by atoms with Crippen molar-refractivity contribution in [3.8, 4) is 0 Å². The molecule has 230 valence electrons. The Morgan fingerprint density at radius 1 is 0.810 bits per heavy atom. The van der Waals surface area contributed by atoms with Crippen molar-refractivity contribution < 1.29 is 39.0 Å². The molecular formula is C27H39N7O8. The lowest BCUT2D eigenvalue weighted by Crippen LogP contribution is -2.57. The van der Waals surface area contributed by atoms with Gasteiger partial charge in [-0.1, -0.05) is 18.2 Å². The van der Waals surface area contributed by atoms with E-state index in [2.05, 4.69) is 20.9 Å². The van der Waals surface area contributed by atoms with E-state index in [1.165, 1.54) is 0 Å². The van der Waals surface area contributed by atoms with Crippen molar-refractivity contribution in [1.29, 1.82) is 0 Å². The van der Waals surface area contributed by atoms with Gasteiger partial charge in [0, 0.05) is 29.9 Å². The molecule has 0 saturated carbocycles. The molecule has 0 bridgehead atoms. The monoisotopic (exact) mass is 589 g/mol. The summed E-state index contributed by atoms with van der Waals surface area (Å²) >= 11 is 0. The van der Waals surface area contributed by atoms with Gasteiger partial charge in [0.1, 0.15) is 18.1 Å². The Balaban J connectivity index is 2.15. The summed E-state index contributed by atoms with van der Waals surface area (Å²) in [5.41, 5.74) is 18.6. The fourth-order valence-electron chi connectivity index (χ4n) is 4.30. The lowest BCUT2D eigenvalue weighted by molar-refractivity contribution is -0.143. The van der Waals surface area contributed by atoms with Crippen molar-refractivity contribution in [3.05, 3.63) is 36.0 Å². The first kappa shape index (κ1) is 33.7. The van der Waals surface area contributed by atoms with Crippen LogP contribution in [0.25, 0.3) is 10.9 Å². The SMILES string of the molecule is NCCCCC(NC(=O)C(CCC(N)=O)NC(=O)C(N)Cc1c[nH]c2ccccc12)C(=O)NC(CCC(=O)O)C(=O)O. The molecule has 1 heterocycles. The van der Waals surface area contributed by atoms with E-state index in [1.807, 2.05) is 24.3 Å². The first-order valence-electron chi connectivity index (χ1n) is 13.6. The second-order valence-electron chi connectivity index (χ2n) is 9.91. The van der Waals surface area contributed by atoms with Crippen LogP contribution in [0.1, 0.15) is 50.5 Å². The van der Waals surface area contributed by atoms with Gasteiger partial charge in [0.05, 0.1) is 6.04 Å². The fraction of sp³-hybridized carbons (Fsp3) is 0.481. The second kappa shape index (κ2) is 16.7. The molecule has 2 aromatic rings. The molecule has 0 fully saturated rings. The summed E-state index contributed by atoms with van der Waals surface area (Å²) in [5.74, 6) is -5.73. The molecule has 0 aliphatic heterocycles. The Morgan fingerprint density at radius 2 is 1.40 bits per heavy atom. The van der Waals surface area contributed by atoms with E-state index < -0.39 is 66.2 Å². The number of unbranched alkanes of at least 4 members (excludes halogenated alkanes) is 1. The molecule has 0 saturated heterocycles. The summed E-state index contributed by atoms with van der Waals surface area (Å²) in [6, 6.07) is 2.38. The van der Waals surface area contributed by atoms with Crippen molar-refractivity contribution in [3.63, 3.8) is 0 Å². The van der Waals surface area contributed by atoms with Gasteiger partial charge in [0.2, 0.25) is 23.6 Å². The number of amides is 4. The molecule has 15 heteroatoms. The van der Waals surface area contributed by atoms with Gasteiger partial charge in [-0.2, -0.15) is 0 Å². The smallest absolute Gasteiger partial charge is 0.326 e. The number of aliphatic carboxylic acids is 2. The lowest BCUT2D eigenvalue weighted by atomic mass is 10.0. The van der Waals surface area contributed by atoms with Crippen molar-refractivity contribution in [2.45, 2.75) is 75.5 Å². The number of carboxylic acids is 2. The number of hydrogen-bond donors (Lipinski definition) is 9. The number of aromatic amines is 1. The lowest BCUT2D eigenvalue weighted by Gasteiger charge is -2.25. The topological polar surface area (TPSA) is 273 Å². The van der Waals surface area contributed by atoms with Crippen LogP contribution in [0.15, 0.2) is 30.5 Å². The predicted octanol–water partition coefficient (Wildman–Crippen LogP) is -1.16. The Bertz CT molecular complexity index is 1260. The number of aromatic nitrogens is 1. The summed E-state index contributed by atoms with van der Waals surface area (Å²) in [7, 11) is 0. The molecular weight excluding hydrogens is 550 g/mol. The highest BCUT2D eigenvalue weighted by molar-refractivity contribution is 5.94. The summed E-state index contributed by atoms with van der Waals surface area (Å²) in [6.07, 6.45) is 1.57. The van der Waals surface area contributed by atoms with Crippen LogP contribution in [0.5, 0.6) is 0 Å². The number of carboxylic acid groups (broad SMARTS) is 2. The van der Waals surface area contributed by atoms with Crippen LogP contribution >= 0.6 is 0 Å². The molecule has 4 amide bonds. The first-order chi connectivity index (χ1) is 19.9. The minimum absolute atomic E-state index is 0.0800. The third-order valence-corrected chi connectivity index (χ3v) is 6.61. The van der Waals surface area contributed by atoms with Crippen LogP contribution in [-0.2, 0) is 35.2 Å². The van der Waals surface area contributed by atoms with Crippen molar-refractivity contribution >= 4 is 46.5 Å². The highest BCUT2D eigenvalue weighted by Gasteiger charge is 2.30. The van der Waals surface area contributed by atoms with Gasteiger partial charge < -0.3 is 48.3 Å². The second-order valence-corrected chi connectivity index (χ2v) is 9.91. The zero-order valence-electron chi connectivity index (χ0n) is 23.1. The molecule has 15 nitrogen and oxygen atoms in total. The number of carbonyl (C=O) groups excluding carboxylic acids is 4. The van der Waals surface area contributed by atoms with E-state index in [9.17, 15) is 33.9 Å². The van der Waals surface area contributed by atoms with E-state index in [-0.39, 0.29) is 32.1 Å². The number of H-pyrrole nitrogens is 1. The minimum Gasteiger partial charge on any atom is -0.481 e. The summed E-state index contributed by atoms with van der Waals surface area (Å²) < 4.78 is 0. The van der Waals surface area contributed by atoms with Gasteiger partial charge in [-0.25, -0.2) is 4.79 Å². The number of fused-ring (bicyclic) bond motifs is 1. The molecule has 0 aliphatic carbocycles. The van der Waals surface area contributed by atoms with E-state index in [4.69, 9.17) is 22.3 Å². The number of nitrogens with two attached hydrogens (primary N) is 3. The fourth-order valence-corrected chi connectivity index (χ4v) is 4.30. The zero-order valence-corrected chi connectivity index (χ0v) is 23.1. The van der Waals surface area contributed by atoms with Crippen molar-refractivity contribution in [2.75, 3.05) is 6.54 Å². The molecule has 1 aromatic carbocycles. The maximum absolute atomic E-state index is 13.3. The van der Waals surface area contributed by atoms with Crippen LogP contribution in [0.2, 0.25) is 0 Å². The first-order valence-corrected chi connectivity index (χ1v) is 13.6. The van der Waals surface area contributed by atoms with Gasteiger partial charge in [-0.05, 0) is 56.7 Å². The Labute approximate surface area is 241 Å². The number of nitrogens with one attached hydrogen (secondary N) is 4. The number of carbonyl (C=O) groups is 6. The Morgan fingerprint density at radius 3 is 2.02 bits per heavy atom. The molecule has 12 N–H and O–H groups in total. The van der Waals surface area contributed by atoms with E-state index in [0.29, 0.717) is 19.4 Å². The molecule has 4 unspecified atom stereocenters. The quantitative estimate of drug-likeness (QED) is 0.0886. The molecule has 42 heavy (non-hydrogen) atoms. The third-order valence-electron chi connectivity index (χ3n) is 6.61. The largest absolute Gasteiger partial charge is 0.481 e. The summed E-state index contributed by atoms with van der Waals surface area (Å²) in [6.45, 7) is 0.310. The van der Waals surface area contributed by atoms with Crippen LogP contribution in [0.4, 0.5) is 0 Å². The van der Waals surface area contributed by atoms with Gasteiger partial charge in [-0.15, -0.1) is 0 Å². The number of primary amides is 1. The molecule has 2 rings (SSSR count). The molecule has 0 aliphatic rings. The van der Waals surface area contributed by atoms with Crippen molar-refractivity contribution in [2.24, 2.45) is 17.2 Å². The van der Waals surface area contributed by atoms with Gasteiger partial charge >= 0.3 is 11.9 Å². The molecule has 0 spiro atoms. The third kappa shape index (κ3) is 10.8. The van der Waals surface area contributed by atoms with Gasteiger partial charge in [-0.3, -0.25) is 24.0 Å². The zero-order chi connectivity index (χ0) is 31.2. The number of benzene rings is 1. The molecule has 4 atom stereocenters. The Hall–Kier alpha value is -4.50. The minimum atomic E-state index is -1.50. The summed E-state index contributed by atoms with van der Waals surface area (Å²) in [5, 5.41) is 26.5. The van der Waals surface area contributed by atoms with Crippen LogP contribution in [0.3, 0.4) is 0 Å². The van der Waals surface area contributed by atoms with Crippen LogP contribution in [-0.4, -0.2) is 81.5 Å². The number of rotatable bonds is 19. The molecule has 1 aromatic heterocycles. The standard InChI is InChI=1S/C27H39N7O8/c28-12-4-3-7-19(25(39)34-21(27(41)42)9-11-23(36)37)33-26(40)20(8-10-22(30)35)32-24(38)17(29)13-15-14-31-18-6-2-1-5-16(15)18/h1-2,5-6,14,17,19-21,31H,3-4,7-13,28-29H2,(H2,30,35)(H,32,38)(H,33,40)(H,34,39)(H,36,37)(H,41,42). The normalized spacial score (nSPS) is 13.9. The molecule has 0 radical (unpaired) electrons. The van der Waals surface area contributed by atoms with E-state index in [0.717, 1.165) is 16.5 Å². The predicted molar refractivity (Wildman–Crippen MR) is 152 cm³/mol. The van der Waals surface area contributed by atoms with Gasteiger partial charge in [0.25, 0.3) is 0 Å². The average molecular weight is 590 g/mol.